The third-order valence-electron chi connectivity index (χ3n) is 4.10. The Morgan fingerprint density at radius 3 is 2.04 bits per heavy atom. The minimum Gasteiger partial charge on any atom is -0.508 e. The molecule has 0 radical (unpaired) electrons. The van der Waals surface area contributed by atoms with E-state index in [-0.39, 0.29) is 24.0 Å². The molecular formula is C19H20ClNO4. The lowest BCUT2D eigenvalue weighted by molar-refractivity contribution is 0.355. The molecular weight excluding hydrogens is 342 g/mol. The second-order valence-electron chi connectivity index (χ2n) is 5.60. The standard InChI is InChI=1S/C19H19NO4.ClH/c1-11-14-9-17(23-2)18(24-3)10-15(14)16(19(22)20-11)8-12-4-6-13(21)7-5-12;/h4-7,9-10,21H,8H2,1-3H3,(H,20,22);1H. The molecule has 0 aliphatic heterocycles. The molecule has 0 unspecified atom stereocenters. The molecule has 0 amide bonds. The van der Waals surface area contributed by atoms with Gasteiger partial charge in [0.05, 0.1) is 14.2 Å². The first kappa shape index (κ1) is 18.7. The van der Waals surface area contributed by atoms with Crippen molar-refractivity contribution < 1.29 is 19.7 Å². The van der Waals surface area contributed by atoms with E-state index in [1.165, 1.54) is 0 Å². The van der Waals surface area contributed by atoms with Crippen molar-refractivity contribution in [2.24, 2.45) is 0 Å². The van der Waals surface area contributed by atoms with Gasteiger partial charge in [0.2, 0.25) is 5.88 Å². The Kier molecular flexibility index (Phi) is 5.59. The van der Waals surface area contributed by atoms with E-state index >= 15 is 0 Å². The van der Waals surface area contributed by atoms with Gasteiger partial charge in [-0.1, -0.05) is 12.1 Å². The van der Waals surface area contributed by atoms with Crippen LogP contribution >= 0.6 is 12.4 Å². The van der Waals surface area contributed by atoms with Crippen LogP contribution in [0.4, 0.5) is 0 Å². The third kappa shape index (κ3) is 3.56. The van der Waals surface area contributed by atoms with Crippen LogP contribution in [0.25, 0.3) is 10.8 Å². The maximum absolute atomic E-state index is 10.4. The number of aromatic nitrogens is 1. The van der Waals surface area contributed by atoms with Gasteiger partial charge in [-0.15, -0.1) is 12.4 Å². The molecule has 0 saturated heterocycles. The van der Waals surface area contributed by atoms with E-state index in [2.05, 4.69) is 4.98 Å². The molecule has 3 rings (SSSR count). The minimum atomic E-state index is 0. The molecule has 25 heavy (non-hydrogen) atoms. The maximum Gasteiger partial charge on any atom is 0.215 e. The highest BCUT2D eigenvalue weighted by atomic mass is 35.5. The van der Waals surface area contributed by atoms with Crippen molar-refractivity contribution in [2.45, 2.75) is 13.3 Å². The fourth-order valence-electron chi connectivity index (χ4n) is 2.83. The number of fused-ring (bicyclic) bond motifs is 1. The quantitative estimate of drug-likeness (QED) is 0.735. The first-order valence-corrected chi connectivity index (χ1v) is 7.55. The summed E-state index contributed by atoms with van der Waals surface area (Å²) in [7, 11) is 3.17. The summed E-state index contributed by atoms with van der Waals surface area (Å²) in [6, 6.07) is 10.6. The molecule has 1 heterocycles. The molecule has 1 aromatic heterocycles. The van der Waals surface area contributed by atoms with E-state index in [1.807, 2.05) is 31.2 Å². The lowest BCUT2D eigenvalue weighted by Crippen LogP contribution is -1.98. The largest absolute Gasteiger partial charge is 0.508 e. The molecule has 0 saturated carbocycles. The van der Waals surface area contributed by atoms with Crippen LogP contribution in [0.5, 0.6) is 23.1 Å². The van der Waals surface area contributed by atoms with Crippen LogP contribution in [-0.2, 0) is 6.42 Å². The number of phenolic OH excluding ortho intramolecular Hbond substituents is 1. The summed E-state index contributed by atoms with van der Waals surface area (Å²) in [4.78, 5) is 4.26. The van der Waals surface area contributed by atoms with Crippen LogP contribution in [0.1, 0.15) is 16.8 Å². The van der Waals surface area contributed by atoms with E-state index < -0.39 is 0 Å². The molecule has 5 nitrogen and oxygen atoms in total. The third-order valence-corrected chi connectivity index (χ3v) is 4.10. The van der Waals surface area contributed by atoms with Crippen molar-refractivity contribution >= 4 is 23.2 Å². The number of aromatic hydroxyl groups is 2. The van der Waals surface area contributed by atoms with Crippen LogP contribution in [0.2, 0.25) is 0 Å². The van der Waals surface area contributed by atoms with Gasteiger partial charge in [0.1, 0.15) is 5.75 Å². The average Bonchev–Trinajstić information content (AvgIpc) is 2.59. The highest BCUT2D eigenvalue weighted by molar-refractivity contribution is 5.92. The highest BCUT2D eigenvalue weighted by Crippen LogP contribution is 2.37. The van der Waals surface area contributed by atoms with Gasteiger partial charge in [0.15, 0.2) is 11.5 Å². The number of methoxy groups -OCH3 is 2. The van der Waals surface area contributed by atoms with Gasteiger partial charge in [-0.3, -0.25) is 0 Å². The van der Waals surface area contributed by atoms with Gasteiger partial charge >= 0.3 is 0 Å². The molecule has 0 aliphatic rings. The van der Waals surface area contributed by atoms with Gasteiger partial charge in [-0.2, -0.15) is 0 Å². The number of phenols is 1. The van der Waals surface area contributed by atoms with Gasteiger partial charge in [0.25, 0.3) is 0 Å². The lowest BCUT2D eigenvalue weighted by atomic mass is 9.98. The predicted octanol–water partition coefficient (Wildman–Crippen LogP) is 3.98. The van der Waals surface area contributed by atoms with Gasteiger partial charge in [-0.05, 0) is 42.1 Å². The number of hydrogen-bond donors (Lipinski definition) is 2. The van der Waals surface area contributed by atoms with E-state index in [0.717, 1.165) is 22.0 Å². The smallest absolute Gasteiger partial charge is 0.215 e. The van der Waals surface area contributed by atoms with E-state index in [9.17, 15) is 10.2 Å². The first-order valence-electron chi connectivity index (χ1n) is 7.55. The summed E-state index contributed by atoms with van der Waals surface area (Å²) in [5.74, 6) is 1.43. The second kappa shape index (κ2) is 7.49. The SMILES string of the molecule is COc1cc2c(C)nc(O)c(Cc3ccc(O)cc3)c2cc1OC.Cl. The maximum atomic E-state index is 10.4. The normalized spacial score (nSPS) is 10.4. The minimum absolute atomic E-state index is 0. The van der Waals surface area contributed by atoms with E-state index in [1.54, 1.807) is 26.4 Å². The number of hydrogen-bond acceptors (Lipinski definition) is 5. The van der Waals surface area contributed by atoms with Gasteiger partial charge in [0, 0.05) is 23.1 Å². The molecule has 0 fully saturated rings. The molecule has 132 valence electrons. The molecule has 0 atom stereocenters. The second-order valence-corrected chi connectivity index (χ2v) is 5.60. The topological polar surface area (TPSA) is 71.8 Å². The number of rotatable bonds is 4. The Balaban J connectivity index is 0.00000225. The highest BCUT2D eigenvalue weighted by Gasteiger charge is 2.16. The summed E-state index contributed by atoms with van der Waals surface area (Å²) < 4.78 is 10.7. The fraction of sp³-hybridized carbons (Fsp3) is 0.211. The van der Waals surface area contributed by atoms with Gasteiger partial charge < -0.3 is 19.7 Å². The zero-order valence-electron chi connectivity index (χ0n) is 14.2. The zero-order valence-corrected chi connectivity index (χ0v) is 15.1. The molecule has 3 aromatic rings. The van der Waals surface area contributed by atoms with Crippen LogP contribution in [0.3, 0.4) is 0 Å². The van der Waals surface area contributed by atoms with Crippen molar-refractivity contribution in [1.29, 1.82) is 0 Å². The Morgan fingerprint density at radius 2 is 1.48 bits per heavy atom. The molecule has 0 spiro atoms. The molecule has 2 aromatic carbocycles. The van der Waals surface area contributed by atoms with Crippen LogP contribution in [0.15, 0.2) is 36.4 Å². The number of ether oxygens (including phenoxy) is 2. The van der Waals surface area contributed by atoms with E-state index in [0.29, 0.717) is 23.5 Å². The Labute approximate surface area is 152 Å². The zero-order chi connectivity index (χ0) is 17.3. The molecule has 6 heteroatoms. The first-order chi connectivity index (χ1) is 11.5. The number of nitrogens with zero attached hydrogens (tertiary/aromatic N) is 1. The molecule has 2 N–H and O–H groups in total. The number of halogens is 1. The summed E-state index contributed by atoms with van der Waals surface area (Å²) in [6.45, 7) is 1.85. The Hall–Kier alpha value is -2.66. The average molecular weight is 362 g/mol. The van der Waals surface area contributed by atoms with E-state index in [4.69, 9.17) is 9.47 Å². The van der Waals surface area contributed by atoms with Crippen LogP contribution in [0, 0.1) is 6.92 Å². The van der Waals surface area contributed by atoms with Crippen molar-refractivity contribution in [1.82, 2.24) is 4.98 Å². The number of pyridine rings is 1. The van der Waals surface area contributed by atoms with Crippen molar-refractivity contribution in [3.05, 3.63) is 53.2 Å². The Bertz CT molecular complexity index is 894. The van der Waals surface area contributed by atoms with Crippen molar-refractivity contribution in [2.75, 3.05) is 14.2 Å². The Morgan fingerprint density at radius 1 is 0.920 bits per heavy atom. The predicted molar refractivity (Wildman–Crippen MR) is 99.4 cm³/mol. The molecule has 0 bridgehead atoms. The van der Waals surface area contributed by atoms with Gasteiger partial charge in [-0.25, -0.2) is 4.98 Å². The summed E-state index contributed by atoms with van der Waals surface area (Å²) in [6.07, 6.45) is 0.491. The fourth-order valence-corrected chi connectivity index (χ4v) is 2.83. The summed E-state index contributed by atoms with van der Waals surface area (Å²) in [5.41, 5.74) is 2.39. The number of benzene rings is 2. The lowest BCUT2D eigenvalue weighted by Gasteiger charge is -2.14. The summed E-state index contributed by atoms with van der Waals surface area (Å²) in [5, 5.41) is 21.6. The number of aryl methyl sites for hydroxylation is 1. The van der Waals surface area contributed by atoms with Crippen molar-refractivity contribution in [3.8, 4) is 23.1 Å². The van der Waals surface area contributed by atoms with Crippen molar-refractivity contribution in [3.63, 3.8) is 0 Å². The van der Waals surface area contributed by atoms with Crippen LogP contribution in [-0.4, -0.2) is 29.4 Å². The summed E-state index contributed by atoms with van der Waals surface area (Å²) >= 11 is 0. The monoisotopic (exact) mass is 361 g/mol. The van der Waals surface area contributed by atoms with Crippen LogP contribution < -0.4 is 9.47 Å². The molecule has 0 aliphatic carbocycles.